The molecule has 0 aliphatic carbocycles. The third-order valence-electron chi connectivity index (χ3n) is 5.46. The Bertz CT molecular complexity index is 817. The Kier molecular flexibility index (Phi) is 6.01. The topological polar surface area (TPSA) is 48.7 Å². The molecule has 0 radical (unpaired) electrons. The van der Waals surface area contributed by atoms with Gasteiger partial charge in [-0.2, -0.15) is 0 Å². The van der Waals surface area contributed by atoms with Crippen LogP contribution in [0.2, 0.25) is 0 Å². The van der Waals surface area contributed by atoms with Gasteiger partial charge in [0.25, 0.3) is 0 Å². The monoisotopic (exact) mass is 400 g/mol. The summed E-state index contributed by atoms with van der Waals surface area (Å²) < 4.78 is 11.5. The molecule has 2 aliphatic rings. The molecule has 1 aromatic carbocycles. The van der Waals surface area contributed by atoms with Crippen LogP contribution in [0.4, 0.5) is 0 Å². The summed E-state index contributed by atoms with van der Waals surface area (Å²) in [5.74, 6) is 1.88. The largest absolute Gasteiger partial charge is 0.370 e. The van der Waals surface area contributed by atoms with Gasteiger partial charge in [0.2, 0.25) is 0 Å². The van der Waals surface area contributed by atoms with Crippen molar-refractivity contribution >= 4 is 11.8 Å². The number of thioether (sulfide) groups is 1. The summed E-state index contributed by atoms with van der Waals surface area (Å²) in [6, 6.07) is 8.49. The Hall–Kier alpha value is -1.47. The van der Waals surface area contributed by atoms with E-state index in [0.29, 0.717) is 6.61 Å². The lowest BCUT2D eigenvalue weighted by Gasteiger charge is -2.32. The van der Waals surface area contributed by atoms with E-state index in [1.807, 2.05) is 11.8 Å². The van der Waals surface area contributed by atoms with Crippen LogP contribution >= 0.6 is 11.8 Å². The number of benzene rings is 1. The molecule has 28 heavy (non-hydrogen) atoms. The van der Waals surface area contributed by atoms with E-state index < -0.39 is 0 Å². The van der Waals surface area contributed by atoms with Gasteiger partial charge in [-0.05, 0) is 20.8 Å². The second kappa shape index (κ2) is 8.49. The molecular formula is C22H30N3O2S+. The maximum atomic E-state index is 6.07. The number of nitrogens with zero attached hydrogens (tertiary/aromatic N) is 2. The lowest BCUT2D eigenvalue weighted by atomic mass is 9.96. The van der Waals surface area contributed by atoms with E-state index in [1.165, 1.54) is 11.1 Å². The van der Waals surface area contributed by atoms with Gasteiger partial charge in [-0.15, -0.1) is 11.8 Å². The van der Waals surface area contributed by atoms with Gasteiger partial charge >= 0.3 is 0 Å². The van der Waals surface area contributed by atoms with Gasteiger partial charge in [-0.1, -0.05) is 29.8 Å². The molecule has 5 nitrogen and oxygen atoms in total. The Morgan fingerprint density at radius 3 is 2.61 bits per heavy atom. The fourth-order valence-electron chi connectivity index (χ4n) is 3.67. The van der Waals surface area contributed by atoms with Gasteiger partial charge in [0.1, 0.15) is 18.1 Å². The first-order valence-electron chi connectivity index (χ1n) is 10.2. The van der Waals surface area contributed by atoms with Crippen LogP contribution < -0.4 is 4.90 Å². The average molecular weight is 401 g/mol. The SMILES string of the molecule is Cc1ccc(-c2nc3c(c(SCC[NH+]4CCOCC4)n2)COC(C)(C)C3)cc1. The van der Waals surface area contributed by atoms with E-state index in [2.05, 4.69) is 45.0 Å². The highest BCUT2D eigenvalue weighted by molar-refractivity contribution is 7.99. The molecule has 150 valence electrons. The van der Waals surface area contributed by atoms with E-state index in [4.69, 9.17) is 19.4 Å². The molecule has 1 fully saturated rings. The number of quaternary nitrogens is 1. The van der Waals surface area contributed by atoms with Crippen molar-refractivity contribution in [3.8, 4) is 11.4 Å². The van der Waals surface area contributed by atoms with Crippen molar-refractivity contribution < 1.29 is 14.4 Å². The summed E-state index contributed by atoms with van der Waals surface area (Å²) in [6.45, 7) is 12.1. The van der Waals surface area contributed by atoms with Crippen LogP contribution in [0.3, 0.4) is 0 Å². The predicted octanol–water partition coefficient (Wildman–Crippen LogP) is 2.31. The smallest absolute Gasteiger partial charge is 0.160 e. The molecule has 1 aromatic heterocycles. The van der Waals surface area contributed by atoms with E-state index >= 15 is 0 Å². The first-order valence-corrected chi connectivity index (χ1v) is 11.1. The van der Waals surface area contributed by atoms with Crippen LogP contribution in [-0.2, 0) is 22.5 Å². The molecule has 3 heterocycles. The van der Waals surface area contributed by atoms with E-state index in [1.54, 1.807) is 4.90 Å². The fraction of sp³-hybridized carbons (Fsp3) is 0.545. The van der Waals surface area contributed by atoms with Crippen LogP contribution in [0, 0.1) is 6.92 Å². The molecule has 0 amide bonds. The predicted molar refractivity (Wildman–Crippen MR) is 112 cm³/mol. The molecule has 0 unspecified atom stereocenters. The number of hydrogen-bond donors (Lipinski definition) is 1. The van der Waals surface area contributed by atoms with Crippen LogP contribution in [0.15, 0.2) is 29.3 Å². The Balaban J connectivity index is 1.58. The van der Waals surface area contributed by atoms with E-state index in [0.717, 1.165) is 67.1 Å². The zero-order chi connectivity index (χ0) is 19.6. The molecule has 2 aliphatic heterocycles. The summed E-state index contributed by atoms with van der Waals surface area (Å²) in [6.07, 6.45) is 0.825. The van der Waals surface area contributed by atoms with Crippen LogP contribution in [0.1, 0.15) is 30.7 Å². The number of ether oxygens (including phenoxy) is 2. The molecule has 0 spiro atoms. The average Bonchev–Trinajstić information content (AvgIpc) is 2.68. The minimum absolute atomic E-state index is 0.175. The quantitative estimate of drug-likeness (QED) is 0.617. The second-order valence-corrected chi connectivity index (χ2v) is 9.41. The third-order valence-corrected chi connectivity index (χ3v) is 6.48. The van der Waals surface area contributed by atoms with E-state index in [9.17, 15) is 0 Å². The number of aromatic nitrogens is 2. The molecule has 1 saturated heterocycles. The highest BCUT2D eigenvalue weighted by Crippen LogP contribution is 2.33. The number of nitrogens with one attached hydrogen (secondary N) is 1. The summed E-state index contributed by atoms with van der Waals surface area (Å²) >= 11 is 1.85. The van der Waals surface area contributed by atoms with Crippen LogP contribution in [0.25, 0.3) is 11.4 Å². The van der Waals surface area contributed by atoms with E-state index in [-0.39, 0.29) is 5.60 Å². The Labute approximate surface area is 171 Å². The first-order chi connectivity index (χ1) is 13.5. The molecule has 1 N–H and O–H groups in total. The van der Waals surface area contributed by atoms with Gasteiger partial charge < -0.3 is 14.4 Å². The van der Waals surface area contributed by atoms with Crippen molar-refractivity contribution in [2.24, 2.45) is 0 Å². The summed E-state index contributed by atoms with van der Waals surface area (Å²) in [5.41, 5.74) is 4.48. The number of aryl methyl sites for hydroxylation is 1. The molecule has 0 bridgehead atoms. The number of fused-ring (bicyclic) bond motifs is 1. The summed E-state index contributed by atoms with van der Waals surface area (Å²) in [5, 5.41) is 1.09. The van der Waals surface area contributed by atoms with Crippen molar-refractivity contribution in [3.63, 3.8) is 0 Å². The van der Waals surface area contributed by atoms with Crippen molar-refractivity contribution in [1.82, 2.24) is 9.97 Å². The Morgan fingerprint density at radius 2 is 1.86 bits per heavy atom. The molecule has 0 atom stereocenters. The molecule has 6 heteroatoms. The van der Waals surface area contributed by atoms with Gasteiger partial charge in [0, 0.05) is 23.3 Å². The van der Waals surface area contributed by atoms with Crippen molar-refractivity contribution in [3.05, 3.63) is 41.1 Å². The Morgan fingerprint density at radius 1 is 1.11 bits per heavy atom. The second-order valence-electron chi connectivity index (χ2n) is 8.33. The zero-order valence-corrected chi connectivity index (χ0v) is 17.9. The fourth-order valence-corrected chi connectivity index (χ4v) is 4.76. The highest BCUT2D eigenvalue weighted by atomic mass is 32.2. The zero-order valence-electron chi connectivity index (χ0n) is 17.1. The highest BCUT2D eigenvalue weighted by Gasteiger charge is 2.30. The van der Waals surface area contributed by atoms with Crippen molar-refractivity contribution in [2.45, 2.75) is 44.4 Å². The summed E-state index contributed by atoms with van der Waals surface area (Å²) in [7, 11) is 0. The standard InChI is InChI=1S/C22H29N3O2S/c1-16-4-6-17(7-5-16)20-23-19-14-22(2,3)27-15-18(19)21(24-20)28-13-10-25-8-11-26-12-9-25/h4-7H,8-15H2,1-3H3/p+1. The molecule has 0 saturated carbocycles. The summed E-state index contributed by atoms with van der Waals surface area (Å²) in [4.78, 5) is 11.5. The molecule has 4 rings (SSSR count). The minimum Gasteiger partial charge on any atom is -0.370 e. The third kappa shape index (κ3) is 4.74. The maximum absolute atomic E-state index is 6.07. The molecular weight excluding hydrogens is 370 g/mol. The lowest BCUT2D eigenvalue weighted by Crippen LogP contribution is -3.14. The number of morpholine rings is 1. The number of rotatable bonds is 5. The minimum atomic E-state index is -0.175. The van der Waals surface area contributed by atoms with Crippen molar-refractivity contribution in [2.75, 3.05) is 38.6 Å². The molecule has 2 aromatic rings. The van der Waals surface area contributed by atoms with Gasteiger partial charge in [-0.25, -0.2) is 9.97 Å². The van der Waals surface area contributed by atoms with Gasteiger partial charge in [-0.3, -0.25) is 0 Å². The van der Waals surface area contributed by atoms with Crippen LogP contribution in [0.5, 0.6) is 0 Å². The normalized spacial score (nSPS) is 19.4. The lowest BCUT2D eigenvalue weighted by molar-refractivity contribution is -0.905. The number of hydrogen-bond acceptors (Lipinski definition) is 5. The van der Waals surface area contributed by atoms with Gasteiger partial charge in [0.15, 0.2) is 5.82 Å². The van der Waals surface area contributed by atoms with Crippen molar-refractivity contribution in [1.29, 1.82) is 0 Å². The maximum Gasteiger partial charge on any atom is 0.160 e. The van der Waals surface area contributed by atoms with Crippen LogP contribution in [-0.4, -0.2) is 54.2 Å². The van der Waals surface area contributed by atoms with Gasteiger partial charge in [0.05, 0.1) is 37.7 Å². The first kappa shape index (κ1) is 19.8.